The number of aromatic nitrogens is 3. The van der Waals surface area contributed by atoms with Gasteiger partial charge in [-0.3, -0.25) is 0 Å². The molecule has 90 valence electrons. The second kappa shape index (κ2) is 3.68. The molecule has 1 fully saturated rings. The van der Waals surface area contributed by atoms with Crippen molar-refractivity contribution in [1.29, 1.82) is 0 Å². The van der Waals surface area contributed by atoms with Gasteiger partial charge in [0, 0.05) is 17.3 Å². The van der Waals surface area contributed by atoms with E-state index >= 15 is 0 Å². The zero-order chi connectivity index (χ0) is 12.0. The fourth-order valence-electron chi connectivity index (χ4n) is 2.09. The van der Waals surface area contributed by atoms with E-state index in [9.17, 15) is 8.42 Å². The zero-order valence-corrected chi connectivity index (χ0v) is 10.4. The summed E-state index contributed by atoms with van der Waals surface area (Å²) in [7, 11) is -3.07. The highest BCUT2D eigenvalue weighted by molar-refractivity contribution is 7.91. The highest BCUT2D eigenvalue weighted by atomic mass is 35.5. The lowest BCUT2D eigenvalue weighted by molar-refractivity contribution is 0.588. The Labute approximate surface area is 103 Å². The van der Waals surface area contributed by atoms with Gasteiger partial charge in [0.15, 0.2) is 21.3 Å². The van der Waals surface area contributed by atoms with Gasteiger partial charge in [0.05, 0.1) is 5.75 Å². The fraction of sp³-hybridized carbons (Fsp3) is 0.400. The molecule has 0 N–H and O–H groups in total. The SMILES string of the molecule is O=S1(=O)CCCC1c1nc2cc(Cl)ccn2n1. The van der Waals surface area contributed by atoms with Crippen LogP contribution in [0.4, 0.5) is 0 Å². The van der Waals surface area contributed by atoms with Crippen molar-refractivity contribution in [3.05, 3.63) is 29.2 Å². The Bertz CT molecular complexity index is 680. The van der Waals surface area contributed by atoms with Crippen LogP contribution in [0.2, 0.25) is 5.02 Å². The van der Waals surface area contributed by atoms with Gasteiger partial charge in [0.2, 0.25) is 0 Å². The predicted molar refractivity (Wildman–Crippen MR) is 63.8 cm³/mol. The van der Waals surface area contributed by atoms with Crippen molar-refractivity contribution >= 4 is 27.1 Å². The van der Waals surface area contributed by atoms with Crippen LogP contribution in [0.5, 0.6) is 0 Å². The monoisotopic (exact) mass is 271 g/mol. The summed E-state index contributed by atoms with van der Waals surface area (Å²) in [5.41, 5.74) is 0.578. The van der Waals surface area contributed by atoms with E-state index in [0.717, 1.165) is 0 Å². The van der Waals surface area contributed by atoms with Gasteiger partial charge < -0.3 is 0 Å². The van der Waals surface area contributed by atoms with E-state index in [1.807, 2.05) is 0 Å². The average molecular weight is 272 g/mol. The fourth-order valence-corrected chi connectivity index (χ4v) is 4.05. The van der Waals surface area contributed by atoms with Crippen LogP contribution in [-0.4, -0.2) is 28.8 Å². The minimum atomic E-state index is -3.07. The van der Waals surface area contributed by atoms with Crippen molar-refractivity contribution in [3.8, 4) is 0 Å². The van der Waals surface area contributed by atoms with E-state index in [4.69, 9.17) is 11.6 Å². The van der Waals surface area contributed by atoms with E-state index in [2.05, 4.69) is 10.1 Å². The Morgan fingerprint density at radius 1 is 1.47 bits per heavy atom. The van der Waals surface area contributed by atoms with E-state index < -0.39 is 15.1 Å². The van der Waals surface area contributed by atoms with Crippen molar-refractivity contribution in [3.63, 3.8) is 0 Å². The average Bonchev–Trinajstić information content (AvgIpc) is 2.79. The third-order valence-corrected chi connectivity index (χ3v) is 5.34. The molecule has 0 spiro atoms. The number of pyridine rings is 1. The Balaban J connectivity index is 2.12. The maximum Gasteiger partial charge on any atom is 0.169 e. The standard InChI is InChI=1S/C10H10ClN3O2S/c11-7-3-4-14-9(6-7)12-10(13-14)8-2-1-5-17(8,15)16/h3-4,6,8H,1-2,5H2. The molecule has 1 aliphatic heterocycles. The summed E-state index contributed by atoms with van der Waals surface area (Å²) in [5.74, 6) is 0.610. The molecule has 0 aromatic carbocycles. The van der Waals surface area contributed by atoms with Gasteiger partial charge in [-0.2, -0.15) is 0 Å². The largest absolute Gasteiger partial charge is 0.228 e. The van der Waals surface area contributed by atoms with Crippen molar-refractivity contribution < 1.29 is 8.42 Å². The highest BCUT2D eigenvalue weighted by Gasteiger charge is 2.35. The van der Waals surface area contributed by atoms with Crippen molar-refractivity contribution in [2.24, 2.45) is 0 Å². The molecule has 3 heterocycles. The maximum atomic E-state index is 11.8. The van der Waals surface area contributed by atoms with Crippen LogP contribution in [0.25, 0.3) is 5.65 Å². The van der Waals surface area contributed by atoms with Gasteiger partial charge in [0.25, 0.3) is 0 Å². The third kappa shape index (κ3) is 1.81. The first kappa shape index (κ1) is 11.0. The van der Waals surface area contributed by atoms with Crippen molar-refractivity contribution in [2.45, 2.75) is 18.1 Å². The second-order valence-electron chi connectivity index (χ2n) is 4.12. The van der Waals surface area contributed by atoms with Crippen LogP contribution in [0.1, 0.15) is 23.9 Å². The minimum Gasteiger partial charge on any atom is -0.228 e. The lowest BCUT2D eigenvalue weighted by Gasteiger charge is -2.02. The smallest absolute Gasteiger partial charge is 0.169 e. The van der Waals surface area contributed by atoms with Crippen LogP contribution in [0.3, 0.4) is 0 Å². The van der Waals surface area contributed by atoms with Crippen LogP contribution in [-0.2, 0) is 9.84 Å². The molecule has 0 amide bonds. The first-order valence-electron chi connectivity index (χ1n) is 5.30. The third-order valence-electron chi connectivity index (χ3n) is 2.93. The quantitative estimate of drug-likeness (QED) is 0.791. The molecule has 5 nitrogen and oxygen atoms in total. The molecule has 1 unspecified atom stereocenters. The van der Waals surface area contributed by atoms with Crippen molar-refractivity contribution in [2.75, 3.05) is 5.75 Å². The topological polar surface area (TPSA) is 64.3 Å². The summed E-state index contributed by atoms with van der Waals surface area (Å²) < 4.78 is 25.1. The van der Waals surface area contributed by atoms with E-state index in [1.54, 1.807) is 22.8 Å². The normalized spacial score (nSPS) is 23.2. The molecule has 0 aliphatic carbocycles. The number of halogens is 1. The molecule has 17 heavy (non-hydrogen) atoms. The second-order valence-corrected chi connectivity index (χ2v) is 6.86. The van der Waals surface area contributed by atoms with Crippen LogP contribution in [0, 0.1) is 0 Å². The van der Waals surface area contributed by atoms with E-state index in [0.29, 0.717) is 29.3 Å². The maximum absolute atomic E-state index is 11.8. The molecule has 0 bridgehead atoms. The Morgan fingerprint density at radius 3 is 3.00 bits per heavy atom. The van der Waals surface area contributed by atoms with E-state index in [1.165, 1.54) is 0 Å². The number of rotatable bonds is 1. The molecule has 1 atom stereocenters. The molecular weight excluding hydrogens is 262 g/mol. The lowest BCUT2D eigenvalue weighted by atomic mass is 10.2. The van der Waals surface area contributed by atoms with Gasteiger partial charge in [-0.25, -0.2) is 17.9 Å². The van der Waals surface area contributed by atoms with Gasteiger partial charge in [-0.1, -0.05) is 11.6 Å². The molecule has 3 rings (SSSR count). The summed E-state index contributed by atoms with van der Waals surface area (Å²) in [6.45, 7) is 0. The Hall–Kier alpha value is -1.14. The Kier molecular flexibility index (Phi) is 2.38. The van der Waals surface area contributed by atoms with Crippen LogP contribution < -0.4 is 0 Å². The lowest BCUT2D eigenvalue weighted by Crippen LogP contribution is -2.09. The molecule has 2 aromatic heterocycles. The number of fused-ring (bicyclic) bond motifs is 1. The van der Waals surface area contributed by atoms with Gasteiger partial charge >= 0.3 is 0 Å². The summed E-state index contributed by atoms with van der Waals surface area (Å²) in [5, 5.41) is 4.21. The number of nitrogens with zero attached hydrogens (tertiary/aromatic N) is 3. The molecule has 0 saturated carbocycles. The molecule has 1 saturated heterocycles. The van der Waals surface area contributed by atoms with Gasteiger partial charge in [0.1, 0.15) is 5.25 Å². The molecule has 1 aliphatic rings. The summed E-state index contributed by atoms with van der Waals surface area (Å²) >= 11 is 5.84. The first-order valence-corrected chi connectivity index (χ1v) is 7.39. The summed E-state index contributed by atoms with van der Waals surface area (Å²) in [6, 6.07) is 3.36. The van der Waals surface area contributed by atoms with E-state index in [-0.39, 0.29) is 5.75 Å². The Morgan fingerprint density at radius 2 is 2.29 bits per heavy atom. The zero-order valence-electron chi connectivity index (χ0n) is 8.88. The minimum absolute atomic E-state index is 0.230. The van der Waals surface area contributed by atoms with Crippen LogP contribution >= 0.6 is 11.6 Å². The predicted octanol–water partition coefficient (Wildman–Crippen LogP) is 1.63. The molecule has 2 aromatic rings. The molecule has 0 radical (unpaired) electrons. The summed E-state index contributed by atoms with van der Waals surface area (Å²) in [4.78, 5) is 4.24. The van der Waals surface area contributed by atoms with Gasteiger partial charge in [-0.15, -0.1) is 5.10 Å². The van der Waals surface area contributed by atoms with Gasteiger partial charge in [-0.05, 0) is 18.9 Å². The highest BCUT2D eigenvalue weighted by Crippen LogP contribution is 2.32. The molecular formula is C10H10ClN3O2S. The number of hydrogen-bond donors (Lipinski definition) is 0. The molecule has 7 heteroatoms. The van der Waals surface area contributed by atoms with Crippen molar-refractivity contribution in [1.82, 2.24) is 14.6 Å². The summed E-state index contributed by atoms with van der Waals surface area (Å²) in [6.07, 6.45) is 2.96. The van der Waals surface area contributed by atoms with Crippen LogP contribution in [0.15, 0.2) is 18.3 Å². The number of hydrogen-bond acceptors (Lipinski definition) is 4. The first-order chi connectivity index (χ1) is 8.06. The number of sulfone groups is 1.